The van der Waals surface area contributed by atoms with Gasteiger partial charge in [0.25, 0.3) is 0 Å². The molecule has 0 aliphatic carbocycles. The Hall–Kier alpha value is -0.100. The lowest BCUT2D eigenvalue weighted by atomic mass is 10.2. The number of nitrogens with one attached hydrogen (secondary N) is 1. The molecule has 0 aliphatic heterocycles. The first-order valence-corrected chi connectivity index (χ1v) is 8.12. The summed E-state index contributed by atoms with van der Waals surface area (Å²) in [5.74, 6) is 0. The number of alkyl halides is 1. The lowest BCUT2D eigenvalue weighted by Gasteiger charge is -2.10. The second kappa shape index (κ2) is 6.73. The molecule has 1 unspecified atom stereocenters. The lowest BCUT2D eigenvalue weighted by molar-refractivity contribution is 0.578. The van der Waals surface area contributed by atoms with Gasteiger partial charge >= 0.3 is 0 Å². The van der Waals surface area contributed by atoms with Gasteiger partial charge in [0.2, 0.25) is 10.0 Å². The van der Waals surface area contributed by atoms with Gasteiger partial charge in [-0.1, -0.05) is 46.9 Å². The van der Waals surface area contributed by atoms with Gasteiger partial charge in [0.1, 0.15) is 0 Å². The number of hydrogen-bond acceptors (Lipinski definition) is 2. The van der Waals surface area contributed by atoms with Crippen LogP contribution in [0.3, 0.4) is 0 Å². The number of halogens is 2. The Bertz CT molecular complexity index is 464. The van der Waals surface area contributed by atoms with E-state index in [2.05, 4.69) is 27.6 Å². The van der Waals surface area contributed by atoms with Crippen molar-refractivity contribution in [2.75, 3.05) is 6.54 Å². The smallest absolute Gasteiger partial charge is 0.210 e. The van der Waals surface area contributed by atoms with E-state index in [4.69, 9.17) is 11.6 Å². The summed E-state index contributed by atoms with van der Waals surface area (Å²) >= 11 is 9.19. The van der Waals surface area contributed by atoms with Crippen LogP contribution in [0, 0.1) is 0 Å². The van der Waals surface area contributed by atoms with E-state index in [9.17, 15) is 8.42 Å². The van der Waals surface area contributed by atoms with Gasteiger partial charge in [-0.2, -0.15) is 0 Å². The Kier molecular flexibility index (Phi) is 5.92. The fourth-order valence-electron chi connectivity index (χ4n) is 1.33. The van der Waals surface area contributed by atoms with Gasteiger partial charge in [0, 0.05) is 16.4 Å². The maximum absolute atomic E-state index is 11.9. The minimum atomic E-state index is -3.46. The van der Waals surface area contributed by atoms with E-state index < -0.39 is 10.0 Å². The predicted molar refractivity (Wildman–Crippen MR) is 74.3 cm³/mol. The van der Waals surface area contributed by atoms with Crippen LogP contribution in [0.4, 0.5) is 0 Å². The molecule has 0 amide bonds. The van der Waals surface area contributed by atoms with E-state index in [-0.39, 0.29) is 9.72 Å². The third kappa shape index (κ3) is 4.95. The normalized spacial score (nSPS) is 13.6. The average molecular weight is 341 g/mol. The molecule has 0 aliphatic rings. The van der Waals surface area contributed by atoms with Crippen molar-refractivity contribution in [1.82, 2.24) is 4.72 Å². The highest BCUT2D eigenvalue weighted by Gasteiger charge is 2.15. The molecule has 1 atom stereocenters. The van der Waals surface area contributed by atoms with Crippen LogP contribution >= 0.6 is 27.5 Å². The highest BCUT2D eigenvalue weighted by molar-refractivity contribution is 9.09. The Morgan fingerprint density at radius 1 is 1.47 bits per heavy atom. The van der Waals surface area contributed by atoms with Crippen LogP contribution in [0.2, 0.25) is 5.02 Å². The van der Waals surface area contributed by atoms with Crippen molar-refractivity contribution in [1.29, 1.82) is 0 Å². The standard InChI is InChI=1S/C11H15BrClNO2S/c1-2-4-9(12)8-14-17(15,16)11-6-3-5-10(13)7-11/h3,5-7,9,14H,2,4,8H2,1H3. The SMILES string of the molecule is CCCC(Br)CNS(=O)(=O)c1cccc(Cl)c1. The molecule has 0 aromatic heterocycles. The number of benzene rings is 1. The summed E-state index contributed by atoms with van der Waals surface area (Å²) in [5.41, 5.74) is 0. The zero-order valence-electron chi connectivity index (χ0n) is 9.49. The van der Waals surface area contributed by atoms with Crippen LogP contribution < -0.4 is 4.72 Å². The van der Waals surface area contributed by atoms with Gasteiger partial charge in [-0.3, -0.25) is 0 Å². The Morgan fingerprint density at radius 2 is 2.18 bits per heavy atom. The van der Waals surface area contributed by atoms with Gasteiger partial charge in [-0.25, -0.2) is 13.1 Å². The molecule has 0 saturated heterocycles. The molecule has 0 spiro atoms. The minimum Gasteiger partial charge on any atom is -0.210 e. The number of sulfonamides is 1. The van der Waals surface area contributed by atoms with E-state index in [1.54, 1.807) is 12.1 Å². The summed E-state index contributed by atoms with van der Waals surface area (Å²) in [6.45, 7) is 2.43. The molecule has 0 bridgehead atoms. The fraction of sp³-hybridized carbons (Fsp3) is 0.455. The van der Waals surface area contributed by atoms with Gasteiger partial charge in [0.05, 0.1) is 4.90 Å². The number of hydrogen-bond donors (Lipinski definition) is 1. The molecule has 0 fully saturated rings. The summed E-state index contributed by atoms with van der Waals surface area (Å²) in [4.78, 5) is 0.350. The molecule has 1 aromatic carbocycles. The Balaban J connectivity index is 2.69. The zero-order chi connectivity index (χ0) is 12.9. The van der Waals surface area contributed by atoms with Gasteiger partial charge in [-0.15, -0.1) is 0 Å². The largest absolute Gasteiger partial charge is 0.240 e. The molecule has 0 saturated carbocycles. The van der Waals surface area contributed by atoms with Crippen molar-refractivity contribution >= 4 is 37.6 Å². The summed E-state index contributed by atoms with van der Waals surface area (Å²) in [7, 11) is -3.46. The van der Waals surface area contributed by atoms with E-state index in [0.29, 0.717) is 11.6 Å². The molecular weight excluding hydrogens is 326 g/mol. The highest BCUT2D eigenvalue weighted by atomic mass is 79.9. The maximum atomic E-state index is 11.9. The molecule has 6 heteroatoms. The molecule has 0 heterocycles. The molecule has 0 radical (unpaired) electrons. The summed E-state index contributed by atoms with van der Waals surface area (Å²) in [6.07, 6.45) is 1.94. The topological polar surface area (TPSA) is 46.2 Å². The summed E-state index contributed by atoms with van der Waals surface area (Å²) < 4.78 is 26.4. The van der Waals surface area contributed by atoms with E-state index in [1.807, 2.05) is 0 Å². The first-order chi connectivity index (χ1) is 7.95. The van der Waals surface area contributed by atoms with Crippen LogP contribution in [0.5, 0.6) is 0 Å². The zero-order valence-corrected chi connectivity index (χ0v) is 12.6. The van der Waals surface area contributed by atoms with Gasteiger partial charge in [-0.05, 0) is 24.6 Å². The Morgan fingerprint density at radius 3 is 2.76 bits per heavy atom. The maximum Gasteiger partial charge on any atom is 0.240 e. The van der Waals surface area contributed by atoms with Crippen molar-refractivity contribution in [3.63, 3.8) is 0 Å². The van der Waals surface area contributed by atoms with Crippen LogP contribution in [0.25, 0.3) is 0 Å². The quantitative estimate of drug-likeness (QED) is 0.808. The number of rotatable bonds is 6. The van der Waals surface area contributed by atoms with Crippen LogP contribution in [-0.4, -0.2) is 19.8 Å². The van der Waals surface area contributed by atoms with Crippen LogP contribution in [-0.2, 0) is 10.0 Å². The first-order valence-electron chi connectivity index (χ1n) is 5.35. The molecule has 1 rings (SSSR count). The highest BCUT2D eigenvalue weighted by Crippen LogP contribution is 2.15. The van der Waals surface area contributed by atoms with Crippen LogP contribution in [0.15, 0.2) is 29.2 Å². The van der Waals surface area contributed by atoms with E-state index >= 15 is 0 Å². The molecule has 17 heavy (non-hydrogen) atoms. The van der Waals surface area contributed by atoms with Crippen molar-refractivity contribution in [3.05, 3.63) is 29.3 Å². The second-order valence-electron chi connectivity index (χ2n) is 3.70. The summed E-state index contributed by atoms with van der Waals surface area (Å²) in [5, 5.41) is 0.414. The fourth-order valence-corrected chi connectivity index (χ4v) is 3.55. The third-order valence-corrected chi connectivity index (χ3v) is 4.64. The molecule has 1 aromatic rings. The first kappa shape index (κ1) is 15.0. The van der Waals surface area contributed by atoms with Crippen molar-refractivity contribution in [2.24, 2.45) is 0 Å². The van der Waals surface area contributed by atoms with Crippen LogP contribution in [0.1, 0.15) is 19.8 Å². The van der Waals surface area contributed by atoms with Crippen molar-refractivity contribution in [3.8, 4) is 0 Å². The average Bonchev–Trinajstić information content (AvgIpc) is 2.27. The molecule has 1 N–H and O–H groups in total. The monoisotopic (exact) mass is 339 g/mol. The van der Waals surface area contributed by atoms with Crippen molar-refractivity contribution < 1.29 is 8.42 Å². The van der Waals surface area contributed by atoms with E-state index in [0.717, 1.165) is 12.8 Å². The Labute approximate surface area is 116 Å². The lowest BCUT2D eigenvalue weighted by Crippen LogP contribution is -2.29. The predicted octanol–water partition coefficient (Wildman–Crippen LogP) is 3.18. The summed E-state index contributed by atoms with van der Waals surface area (Å²) in [6, 6.07) is 6.23. The van der Waals surface area contributed by atoms with Crippen molar-refractivity contribution in [2.45, 2.75) is 29.5 Å². The second-order valence-corrected chi connectivity index (χ2v) is 7.19. The van der Waals surface area contributed by atoms with E-state index in [1.165, 1.54) is 12.1 Å². The molecule has 3 nitrogen and oxygen atoms in total. The third-order valence-electron chi connectivity index (χ3n) is 2.20. The minimum absolute atomic E-state index is 0.154. The molecular formula is C11H15BrClNO2S. The van der Waals surface area contributed by atoms with Gasteiger partial charge in [0.15, 0.2) is 0 Å². The molecule has 96 valence electrons. The van der Waals surface area contributed by atoms with Gasteiger partial charge < -0.3 is 0 Å².